The lowest BCUT2D eigenvalue weighted by Gasteiger charge is -2.18. The van der Waals surface area contributed by atoms with Crippen LogP contribution in [-0.4, -0.2) is 15.0 Å². The molecule has 0 N–H and O–H groups in total. The highest BCUT2D eigenvalue weighted by Crippen LogP contribution is 2.44. The van der Waals surface area contributed by atoms with Crippen LogP contribution >= 0.6 is 11.3 Å². The van der Waals surface area contributed by atoms with Crippen molar-refractivity contribution in [3.05, 3.63) is 283 Å². The monoisotopic (exact) mass is 977 g/mol. The average molecular weight is 978 g/mol. The Hall–Kier alpha value is -9.09. The third-order valence-electron chi connectivity index (χ3n) is 14.6. The van der Waals surface area contributed by atoms with Gasteiger partial charge in [0.15, 0.2) is 0 Å². The highest BCUT2D eigenvalue weighted by Gasteiger charge is 2.18. The molecule has 0 saturated carbocycles. The Labute approximate surface area is 442 Å². The Kier molecular flexibility index (Phi) is 12.5. The van der Waals surface area contributed by atoms with E-state index < -0.39 is 0 Å². The predicted octanol–water partition coefficient (Wildman–Crippen LogP) is 18.6. The first-order valence-corrected chi connectivity index (χ1v) is 26.7. The minimum Gasteiger partial charge on any atom is -0.256 e. The summed E-state index contributed by atoms with van der Waals surface area (Å²) in [5.41, 5.74) is 22.1. The molecule has 0 aliphatic heterocycles. The van der Waals surface area contributed by atoms with Crippen molar-refractivity contribution in [2.24, 2.45) is 0 Å². The molecule has 4 heteroatoms. The van der Waals surface area contributed by atoms with Gasteiger partial charge in [0.25, 0.3) is 0 Å². The number of pyridine rings is 3. The first-order chi connectivity index (χ1) is 37.1. The van der Waals surface area contributed by atoms with Crippen molar-refractivity contribution in [1.82, 2.24) is 15.0 Å². The van der Waals surface area contributed by atoms with Gasteiger partial charge in [-0.05, 0) is 147 Å². The zero-order valence-electron chi connectivity index (χ0n) is 41.4. The van der Waals surface area contributed by atoms with E-state index >= 15 is 0 Å². The van der Waals surface area contributed by atoms with Crippen molar-refractivity contribution in [3.8, 4) is 78.3 Å². The van der Waals surface area contributed by atoms with Gasteiger partial charge < -0.3 is 0 Å². The normalized spacial score (nSPS) is 11.4. The summed E-state index contributed by atoms with van der Waals surface area (Å²) in [6.45, 7) is 0. The third-order valence-corrected chi connectivity index (χ3v) is 15.8. The van der Waals surface area contributed by atoms with Crippen molar-refractivity contribution >= 4 is 42.4 Å². The molecule has 0 atom stereocenters. The molecule has 0 amide bonds. The number of aromatic nitrogens is 3. The van der Waals surface area contributed by atoms with E-state index in [1.807, 2.05) is 48.0 Å². The van der Waals surface area contributed by atoms with E-state index in [0.29, 0.717) is 0 Å². The molecule has 0 radical (unpaired) electrons. The molecule has 4 aromatic heterocycles. The van der Waals surface area contributed by atoms with Crippen LogP contribution in [0.4, 0.5) is 0 Å². The van der Waals surface area contributed by atoms with Crippen molar-refractivity contribution in [3.63, 3.8) is 0 Å². The number of hydrogen-bond acceptors (Lipinski definition) is 4. The van der Waals surface area contributed by atoms with Gasteiger partial charge in [-0.25, -0.2) is 4.98 Å². The second kappa shape index (κ2) is 20.4. The number of nitrogens with zero attached hydrogens (tertiary/aromatic N) is 3. The van der Waals surface area contributed by atoms with Crippen LogP contribution in [0.15, 0.2) is 261 Å². The van der Waals surface area contributed by atoms with Gasteiger partial charge in [0.05, 0.1) is 22.6 Å². The standard InChI is InChI=1S/C71H51N3S/c1-2-14-52(15-3-1)65-47-69(74-68-22-8-6-18-61(65)68)56-37-38-60(64(45-56)55-36-39-63-62-19-7-9-23-70(62)75-71(63)46-55)59-17-5-4-16-58(59)57-43-50(26-24-48-28-32-53(33-29-48)66-20-10-12-40-72-66)42-51(44-57)27-25-49-30-34-54(35-31-49)67-21-11-13-41-73-67/h1-23,28-47H,24-27H2. The molecule has 0 aliphatic rings. The molecule has 0 bridgehead atoms. The van der Waals surface area contributed by atoms with Gasteiger partial charge >= 0.3 is 0 Å². The summed E-state index contributed by atoms with van der Waals surface area (Å²) >= 11 is 1.86. The number of rotatable bonds is 13. The molecule has 3 nitrogen and oxygen atoms in total. The maximum atomic E-state index is 5.34. The number of thiophene rings is 1. The van der Waals surface area contributed by atoms with Crippen LogP contribution in [0.3, 0.4) is 0 Å². The van der Waals surface area contributed by atoms with E-state index in [1.165, 1.54) is 86.9 Å². The zero-order valence-corrected chi connectivity index (χ0v) is 42.2. The largest absolute Gasteiger partial charge is 0.256 e. The molecule has 0 spiro atoms. The molecular formula is C71H51N3S. The van der Waals surface area contributed by atoms with Crippen molar-refractivity contribution in [2.45, 2.75) is 25.7 Å². The number of benzene rings is 9. The zero-order chi connectivity index (χ0) is 49.9. The minimum absolute atomic E-state index is 0.920. The van der Waals surface area contributed by atoms with Crippen molar-refractivity contribution in [2.75, 3.05) is 0 Å². The molecule has 356 valence electrons. The molecule has 0 unspecified atom stereocenters. The van der Waals surface area contributed by atoms with Crippen LogP contribution in [0.2, 0.25) is 0 Å². The van der Waals surface area contributed by atoms with Crippen LogP contribution in [0.5, 0.6) is 0 Å². The molecule has 13 aromatic rings. The maximum absolute atomic E-state index is 5.34. The lowest BCUT2D eigenvalue weighted by atomic mass is 9.86. The van der Waals surface area contributed by atoms with Crippen LogP contribution in [0, 0.1) is 0 Å². The highest BCUT2D eigenvalue weighted by atomic mass is 32.1. The second-order valence-electron chi connectivity index (χ2n) is 19.4. The lowest BCUT2D eigenvalue weighted by Crippen LogP contribution is -1.98. The van der Waals surface area contributed by atoms with Crippen molar-refractivity contribution in [1.29, 1.82) is 0 Å². The molecule has 4 heterocycles. The SMILES string of the molecule is c1ccc(-c2cc(-c3ccc(-c4ccccc4-c4cc(CCc5ccc(-c6ccccn6)cc5)cc(CCc5ccc(-c6ccccn6)cc5)c4)c(-c4ccc5c(c4)sc4ccccc45)c3)nc3ccccc23)cc1. The Morgan fingerprint density at radius 1 is 0.267 bits per heavy atom. The molecule has 0 aliphatic carbocycles. The Morgan fingerprint density at radius 2 is 0.813 bits per heavy atom. The Morgan fingerprint density at radius 3 is 1.49 bits per heavy atom. The molecule has 13 rings (SSSR count). The van der Waals surface area contributed by atoms with Gasteiger partial charge in [-0.2, -0.15) is 0 Å². The summed E-state index contributed by atoms with van der Waals surface area (Å²) in [6.07, 6.45) is 7.42. The fourth-order valence-corrected chi connectivity index (χ4v) is 11.9. The maximum Gasteiger partial charge on any atom is 0.0716 e. The number of fused-ring (bicyclic) bond motifs is 4. The summed E-state index contributed by atoms with van der Waals surface area (Å²) in [5.74, 6) is 0. The number of aryl methyl sites for hydroxylation is 4. The topological polar surface area (TPSA) is 38.7 Å². The van der Waals surface area contributed by atoms with Gasteiger partial charge in [0.2, 0.25) is 0 Å². The summed E-state index contributed by atoms with van der Waals surface area (Å²) in [5, 5.41) is 3.74. The molecular weight excluding hydrogens is 927 g/mol. The Bertz CT molecular complexity index is 4040. The molecule has 0 saturated heterocycles. The molecule has 75 heavy (non-hydrogen) atoms. The lowest BCUT2D eigenvalue weighted by molar-refractivity contribution is 0.931. The van der Waals surface area contributed by atoms with E-state index in [0.717, 1.165) is 70.4 Å². The smallest absolute Gasteiger partial charge is 0.0716 e. The number of hydrogen-bond donors (Lipinski definition) is 0. The fraction of sp³-hybridized carbons (Fsp3) is 0.0563. The van der Waals surface area contributed by atoms with Gasteiger partial charge in [-0.15, -0.1) is 11.3 Å². The summed E-state index contributed by atoms with van der Waals surface area (Å²) in [7, 11) is 0. The van der Waals surface area contributed by atoms with Crippen LogP contribution < -0.4 is 0 Å². The average Bonchev–Trinajstić information content (AvgIpc) is 3.87. The Balaban J connectivity index is 0.914. The van der Waals surface area contributed by atoms with E-state index in [4.69, 9.17) is 4.98 Å². The van der Waals surface area contributed by atoms with Crippen LogP contribution in [-0.2, 0) is 25.7 Å². The highest BCUT2D eigenvalue weighted by molar-refractivity contribution is 7.25. The van der Waals surface area contributed by atoms with E-state index in [9.17, 15) is 0 Å². The van der Waals surface area contributed by atoms with Gasteiger partial charge in [0, 0.05) is 54.6 Å². The fourth-order valence-electron chi connectivity index (χ4n) is 10.8. The quantitative estimate of drug-likeness (QED) is 0.116. The summed E-state index contributed by atoms with van der Waals surface area (Å²) < 4.78 is 2.58. The van der Waals surface area contributed by atoms with Gasteiger partial charge in [0.1, 0.15) is 0 Å². The molecule has 9 aromatic carbocycles. The van der Waals surface area contributed by atoms with E-state index in [1.54, 1.807) is 0 Å². The van der Waals surface area contributed by atoms with Crippen molar-refractivity contribution < 1.29 is 0 Å². The van der Waals surface area contributed by atoms with E-state index in [-0.39, 0.29) is 0 Å². The van der Waals surface area contributed by atoms with E-state index in [2.05, 4.69) is 234 Å². The van der Waals surface area contributed by atoms with Gasteiger partial charge in [-0.1, -0.05) is 194 Å². The van der Waals surface area contributed by atoms with Gasteiger partial charge in [-0.3, -0.25) is 9.97 Å². The van der Waals surface area contributed by atoms with Crippen LogP contribution in [0.1, 0.15) is 22.3 Å². The minimum atomic E-state index is 0.920. The van der Waals surface area contributed by atoms with Crippen LogP contribution in [0.25, 0.3) is 109 Å². The third kappa shape index (κ3) is 9.56. The molecule has 0 fully saturated rings. The second-order valence-corrected chi connectivity index (χ2v) is 20.5. The first-order valence-electron chi connectivity index (χ1n) is 25.9. The number of para-hydroxylation sites is 1. The summed E-state index contributed by atoms with van der Waals surface area (Å²) in [6, 6.07) is 90.6. The predicted molar refractivity (Wildman–Crippen MR) is 316 cm³/mol. The first kappa shape index (κ1) is 45.7. The summed E-state index contributed by atoms with van der Waals surface area (Å²) in [4.78, 5) is 14.5.